The van der Waals surface area contributed by atoms with Gasteiger partial charge in [0.25, 0.3) is 0 Å². The van der Waals surface area contributed by atoms with Gasteiger partial charge in [-0.3, -0.25) is 4.79 Å². The molecular formula is C16H25ClN2O4. The van der Waals surface area contributed by atoms with Crippen molar-refractivity contribution in [2.75, 3.05) is 33.3 Å². The molecule has 2 unspecified atom stereocenters. The second kappa shape index (κ2) is 8.26. The Bertz CT molecular complexity index is 528. The van der Waals surface area contributed by atoms with Crippen LogP contribution in [0.25, 0.3) is 0 Å². The Morgan fingerprint density at radius 2 is 1.70 bits per heavy atom. The van der Waals surface area contributed by atoms with Crippen molar-refractivity contribution >= 4 is 24.0 Å². The summed E-state index contributed by atoms with van der Waals surface area (Å²) in [6.07, 6.45) is 2.49. The highest BCUT2D eigenvalue weighted by atomic mass is 35.5. The minimum atomic E-state index is -0.0147. The molecule has 0 spiro atoms. The van der Waals surface area contributed by atoms with Crippen LogP contribution in [0.4, 0.5) is 5.69 Å². The topological polar surface area (TPSA) is 74.0 Å². The third-order valence-corrected chi connectivity index (χ3v) is 4.19. The van der Waals surface area contributed by atoms with E-state index in [9.17, 15) is 4.79 Å². The van der Waals surface area contributed by atoms with Crippen LogP contribution in [0.2, 0.25) is 0 Å². The number of hydrogen-bond donors (Lipinski definition) is 1. The summed E-state index contributed by atoms with van der Waals surface area (Å²) in [4.78, 5) is 14.2. The van der Waals surface area contributed by atoms with Gasteiger partial charge in [-0.2, -0.15) is 0 Å². The lowest BCUT2D eigenvalue weighted by Crippen LogP contribution is -2.32. The summed E-state index contributed by atoms with van der Waals surface area (Å²) in [6.45, 7) is 0. The van der Waals surface area contributed by atoms with Crippen LogP contribution < -0.4 is 24.8 Å². The third kappa shape index (κ3) is 4.00. The van der Waals surface area contributed by atoms with Crippen molar-refractivity contribution in [1.29, 1.82) is 0 Å². The molecule has 7 heteroatoms. The number of amides is 1. The van der Waals surface area contributed by atoms with E-state index >= 15 is 0 Å². The summed E-state index contributed by atoms with van der Waals surface area (Å²) < 4.78 is 16.0. The lowest BCUT2D eigenvalue weighted by atomic mass is 10.1. The van der Waals surface area contributed by atoms with Gasteiger partial charge in [0.2, 0.25) is 11.7 Å². The molecule has 1 fully saturated rings. The number of nitrogens with two attached hydrogens (primary N) is 1. The summed E-state index contributed by atoms with van der Waals surface area (Å²) in [6, 6.07) is 3.67. The van der Waals surface area contributed by atoms with Gasteiger partial charge in [-0.05, 0) is 19.3 Å². The molecule has 1 aliphatic carbocycles. The molecule has 1 aromatic rings. The van der Waals surface area contributed by atoms with E-state index in [0.29, 0.717) is 22.9 Å². The summed E-state index contributed by atoms with van der Waals surface area (Å²) in [5.74, 6) is 1.62. The predicted molar refractivity (Wildman–Crippen MR) is 92.1 cm³/mol. The number of hydrogen-bond acceptors (Lipinski definition) is 5. The second-order valence-electron chi connectivity index (χ2n) is 5.55. The van der Waals surface area contributed by atoms with Gasteiger partial charge in [0.15, 0.2) is 11.5 Å². The molecule has 1 amide bonds. The van der Waals surface area contributed by atoms with Crippen LogP contribution in [0.3, 0.4) is 0 Å². The van der Waals surface area contributed by atoms with E-state index in [0.717, 1.165) is 19.3 Å². The van der Waals surface area contributed by atoms with Gasteiger partial charge in [0, 0.05) is 31.1 Å². The molecule has 2 atom stereocenters. The Morgan fingerprint density at radius 1 is 1.13 bits per heavy atom. The second-order valence-corrected chi connectivity index (χ2v) is 5.55. The number of methoxy groups -OCH3 is 3. The van der Waals surface area contributed by atoms with E-state index in [1.54, 1.807) is 45.4 Å². The standard InChI is InChI=1S/C16H24N2O4.ClH/c1-18(16(19)10-5-6-11(17)7-10)12-8-13(20-2)15(22-4)14(9-12)21-3;/h8-11H,5-7,17H2,1-4H3;1H. The zero-order chi connectivity index (χ0) is 16.3. The van der Waals surface area contributed by atoms with E-state index in [2.05, 4.69) is 0 Å². The Hall–Kier alpha value is -1.66. The molecule has 1 saturated carbocycles. The molecule has 1 aromatic carbocycles. The zero-order valence-electron chi connectivity index (χ0n) is 14.0. The highest BCUT2D eigenvalue weighted by Crippen LogP contribution is 2.41. The molecular weight excluding hydrogens is 320 g/mol. The highest BCUT2D eigenvalue weighted by molar-refractivity contribution is 5.95. The predicted octanol–water partition coefficient (Wildman–Crippen LogP) is 2.22. The molecule has 0 radical (unpaired) electrons. The minimum Gasteiger partial charge on any atom is -0.493 e. The van der Waals surface area contributed by atoms with Gasteiger partial charge < -0.3 is 24.8 Å². The van der Waals surface area contributed by atoms with Crippen molar-refractivity contribution in [1.82, 2.24) is 0 Å². The molecule has 0 saturated heterocycles. The number of benzene rings is 1. The van der Waals surface area contributed by atoms with E-state index in [1.165, 1.54) is 0 Å². The highest BCUT2D eigenvalue weighted by Gasteiger charge is 2.31. The average molecular weight is 345 g/mol. The fraction of sp³-hybridized carbons (Fsp3) is 0.562. The van der Waals surface area contributed by atoms with E-state index in [1.807, 2.05) is 0 Å². The Balaban J connectivity index is 0.00000264. The minimum absolute atomic E-state index is 0. The van der Waals surface area contributed by atoms with Crippen molar-refractivity contribution < 1.29 is 19.0 Å². The first-order chi connectivity index (χ1) is 10.5. The van der Waals surface area contributed by atoms with Crippen LogP contribution in [-0.2, 0) is 4.79 Å². The van der Waals surface area contributed by atoms with Gasteiger partial charge >= 0.3 is 0 Å². The first-order valence-electron chi connectivity index (χ1n) is 7.35. The lowest BCUT2D eigenvalue weighted by Gasteiger charge is -2.23. The summed E-state index contributed by atoms with van der Waals surface area (Å²) in [5.41, 5.74) is 6.61. The molecule has 0 aromatic heterocycles. The molecule has 0 aliphatic heterocycles. The van der Waals surface area contributed by atoms with Gasteiger partial charge in [-0.25, -0.2) is 0 Å². The Labute approximate surface area is 143 Å². The maximum Gasteiger partial charge on any atom is 0.229 e. The van der Waals surface area contributed by atoms with Crippen LogP contribution >= 0.6 is 12.4 Å². The van der Waals surface area contributed by atoms with Crippen molar-refractivity contribution in [3.05, 3.63) is 12.1 Å². The van der Waals surface area contributed by atoms with Gasteiger partial charge in [-0.15, -0.1) is 12.4 Å². The van der Waals surface area contributed by atoms with Crippen LogP contribution in [0.15, 0.2) is 12.1 Å². The van der Waals surface area contributed by atoms with Gasteiger partial charge in [0.05, 0.1) is 27.0 Å². The fourth-order valence-corrected chi connectivity index (χ4v) is 2.90. The van der Waals surface area contributed by atoms with Crippen molar-refractivity contribution in [2.24, 2.45) is 11.7 Å². The molecule has 6 nitrogen and oxygen atoms in total. The first kappa shape index (κ1) is 19.4. The summed E-state index contributed by atoms with van der Waals surface area (Å²) in [7, 11) is 6.42. The summed E-state index contributed by atoms with van der Waals surface area (Å²) in [5, 5.41) is 0. The SMILES string of the molecule is COc1cc(N(C)C(=O)C2CCC(N)C2)cc(OC)c1OC.Cl. The van der Waals surface area contributed by atoms with Crippen LogP contribution in [0.5, 0.6) is 17.2 Å². The number of halogens is 1. The monoisotopic (exact) mass is 344 g/mol. The largest absolute Gasteiger partial charge is 0.493 e. The van der Waals surface area contributed by atoms with Gasteiger partial charge in [-0.1, -0.05) is 0 Å². The number of ether oxygens (including phenoxy) is 3. The van der Waals surface area contributed by atoms with Crippen LogP contribution in [-0.4, -0.2) is 40.3 Å². The van der Waals surface area contributed by atoms with Crippen molar-refractivity contribution in [3.63, 3.8) is 0 Å². The molecule has 1 aliphatic rings. The van der Waals surface area contributed by atoms with E-state index in [-0.39, 0.29) is 30.3 Å². The van der Waals surface area contributed by atoms with Crippen molar-refractivity contribution in [3.8, 4) is 17.2 Å². The quantitative estimate of drug-likeness (QED) is 0.886. The lowest BCUT2D eigenvalue weighted by molar-refractivity contribution is -0.121. The number of anilines is 1. The molecule has 2 rings (SSSR count). The fourth-order valence-electron chi connectivity index (χ4n) is 2.90. The molecule has 0 bridgehead atoms. The Kier molecular flexibility index (Phi) is 6.97. The number of rotatable bonds is 5. The number of carbonyl (C=O) groups is 1. The molecule has 130 valence electrons. The molecule has 2 N–H and O–H groups in total. The average Bonchev–Trinajstić information content (AvgIpc) is 2.98. The normalized spacial score (nSPS) is 19.7. The Morgan fingerprint density at radius 3 is 2.09 bits per heavy atom. The molecule has 0 heterocycles. The first-order valence-corrected chi connectivity index (χ1v) is 7.35. The number of nitrogens with zero attached hydrogens (tertiary/aromatic N) is 1. The zero-order valence-corrected chi connectivity index (χ0v) is 14.8. The number of carbonyl (C=O) groups excluding carboxylic acids is 1. The van der Waals surface area contributed by atoms with Crippen LogP contribution in [0, 0.1) is 5.92 Å². The third-order valence-electron chi connectivity index (χ3n) is 4.19. The van der Waals surface area contributed by atoms with Crippen LogP contribution in [0.1, 0.15) is 19.3 Å². The summed E-state index contributed by atoms with van der Waals surface area (Å²) >= 11 is 0. The van der Waals surface area contributed by atoms with Crippen molar-refractivity contribution in [2.45, 2.75) is 25.3 Å². The smallest absolute Gasteiger partial charge is 0.229 e. The maximum absolute atomic E-state index is 12.6. The molecule has 23 heavy (non-hydrogen) atoms. The van der Waals surface area contributed by atoms with E-state index < -0.39 is 0 Å². The van der Waals surface area contributed by atoms with Gasteiger partial charge in [0.1, 0.15) is 0 Å². The maximum atomic E-state index is 12.6. The van der Waals surface area contributed by atoms with E-state index in [4.69, 9.17) is 19.9 Å².